The van der Waals surface area contributed by atoms with E-state index in [1.807, 2.05) is 18.2 Å². The summed E-state index contributed by atoms with van der Waals surface area (Å²) in [6.07, 6.45) is 0.184. The predicted molar refractivity (Wildman–Crippen MR) is 95.3 cm³/mol. The van der Waals surface area contributed by atoms with Crippen molar-refractivity contribution in [1.29, 1.82) is 0 Å². The van der Waals surface area contributed by atoms with Crippen molar-refractivity contribution >= 4 is 47.8 Å². The van der Waals surface area contributed by atoms with Gasteiger partial charge >= 0.3 is 0 Å². The highest BCUT2D eigenvalue weighted by molar-refractivity contribution is 9.11. The second-order valence-corrected chi connectivity index (χ2v) is 8.29. The molecule has 2 rings (SSSR count). The Morgan fingerprint density at radius 2 is 1.78 bits per heavy atom. The molecule has 0 saturated heterocycles. The normalized spacial score (nSPS) is 12.8. The van der Waals surface area contributed by atoms with Gasteiger partial charge in [-0.25, -0.2) is 8.42 Å². The molecule has 5 nitrogen and oxygen atoms in total. The average molecular weight is 462 g/mol. The SMILES string of the molecule is NC(=O)C(Cc1ccccc1)NS(=O)(=O)c1ccc(Br)cc1Br. The molecule has 0 aliphatic carbocycles. The van der Waals surface area contributed by atoms with Gasteiger partial charge in [0.1, 0.15) is 6.04 Å². The zero-order valence-electron chi connectivity index (χ0n) is 11.9. The molecule has 0 radical (unpaired) electrons. The van der Waals surface area contributed by atoms with Crippen molar-refractivity contribution in [2.24, 2.45) is 5.73 Å². The third-order valence-corrected chi connectivity index (χ3v) is 6.05. The maximum atomic E-state index is 12.5. The highest BCUT2D eigenvalue weighted by Crippen LogP contribution is 2.25. The van der Waals surface area contributed by atoms with Gasteiger partial charge in [0.05, 0.1) is 4.90 Å². The number of amides is 1. The van der Waals surface area contributed by atoms with E-state index in [2.05, 4.69) is 36.6 Å². The van der Waals surface area contributed by atoms with E-state index in [4.69, 9.17) is 5.73 Å². The summed E-state index contributed by atoms with van der Waals surface area (Å²) in [6, 6.07) is 12.7. The number of carbonyl (C=O) groups is 1. The van der Waals surface area contributed by atoms with Gasteiger partial charge in [0, 0.05) is 8.95 Å². The van der Waals surface area contributed by atoms with Crippen LogP contribution in [0, 0.1) is 0 Å². The molecule has 1 unspecified atom stereocenters. The summed E-state index contributed by atoms with van der Waals surface area (Å²) < 4.78 is 28.5. The molecule has 2 aromatic carbocycles. The quantitative estimate of drug-likeness (QED) is 0.692. The van der Waals surface area contributed by atoms with Crippen molar-refractivity contribution in [3.63, 3.8) is 0 Å². The monoisotopic (exact) mass is 460 g/mol. The number of sulfonamides is 1. The molecule has 0 bridgehead atoms. The van der Waals surface area contributed by atoms with Gasteiger partial charge < -0.3 is 5.73 Å². The minimum Gasteiger partial charge on any atom is -0.368 e. The van der Waals surface area contributed by atoms with Gasteiger partial charge in [0.2, 0.25) is 15.9 Å². The van der Waals surface area contributed by atoms with Crippen LogP contribution in [-0.2, 0) is 21.2 Å². The van der Waals surface area contributed by atoms with Gasteiger partial charge in [0.25, 0.3) is 0 Å². The van der Waals surface area contributed by atoms with Gasteiger partial charge in [-0.3, -0.25) is 4.79 Å². The fourth-order valence-electron chi connectivity index (χ4n) is 1.99. The molecular weight excluding hydrogens is 448 g/mol. The first-order valence-electron chi connectivity index (χ1n) is 6.60. The van der Waals surface area contributed by atoms with Crippen molar-refractivity contribution in [1.82, 2.24) is 4.72 Å². The Morgan fingerprint density at radius 1 is 1.13 bits per heavy atom. The van der Waals surface area contributed by atoms with Crippen LogP contribution in [0.5, 0.6) is 0 Å². The molecule has 1 amide bonds. The Morgan fingerprint density at radius 3 is 2.35 bits per heavy atom. The first-order valence-corrected chi connectivity index (χ1v) is 9.67. The number of nitrogens with two attached hydrogens (primary N) is 1. The fourth-order valence-corrected chi connectivity index (χ4v) is 4.94. The lowest BCUT2D eigenvalue weighted by Crippen LogP contribution is -2.45. The number of rotatable bonds is 6. The van der Waals surface area contributed by atoms with Crippen LogP contribution >= 0.6 is 31.9 Å². The van der Waals surface area contributed by atoms with Gasteiger partial charge in [-0.05, 0) is 46.1 Å². The average Bonchev–Trinajstić information content (AvgIpc) is 2.46. The lowest BCUT2D eigenvalue weighted by molar-refractivity contribution is -0.119. The van der Waals surface area contributed by atoms with E-state index in [1.54, 1.807) is 24.3 Å². The number of nitrogens with one attached hydrogen (secondary N) is 1. The summed E-state index contributed by atoms with van der Waals surface area (Å²) in [5.41, 5.74) is 6.16. The van der Waals surface area contributed by atoms with Crippen molar-refractivity contribution in [3.8, 4) is 0 Å². The standard InChI is InChI=1S/C15H14Br2N2O3S/c16-11-6-7-14(12(17)9-11)23(21,22)19-13(15(18)20)8-10-4-2-1-3-5-10/h1-7,9,13,19H,8H2,(H2,18,20). The highest BCUT2D eigenvalue weighted by atomic mass is 79.9. The molecule has 0 aromatic heterocycles. The third-order valence-electron chi connectivity index (χ3n) is 3.11. The summed E-state index contributed by atoms with van der Waals surface area (Å²) >= 11 is 6.47. The lowest BCUT2D eigenvalue weighted by atomic mass is 10.1. The van der Waals surface area contributed by atoms with E-state index in [-0.39, 0.29) is 11.3 Å². The van der Waals surface area contributed by atoms with Crippen LogP contribution in [0.4, 0.5) is 0 Å². The summed E-state index contributed by atoms with van der Waals surface area (Å²) in [5.74, 6) is -0.731. The summed E-state index contributed by atoms with van der Waals surface area (Å²) in [5, 5.41) is 0. The Labute approximate surface area is 151 Å². The summed E-state index contributed by atoms with van der Waals surface area (Å²) in [6.45, 7) is 0. The van der Waals surface area contributed by atoms with Gasteiger partial charge in [-0.2, -0.15) is 4.72 Å². The molecule has 23 heavy (non-hydrogen) atoms. The molecule has 0 fully saturated rings. The van der Waals surface area contributed by atoms with Crippen LogP contribution in [0.1, 0.15) is 5.56 Å². The third kappa shape index (κ3) is 4.87. The second-order valence-electron chi connectivity index (χ2n) is 4.84. The number of benzene rings is 2. The zero-order valence-corrected chi connectivity index (χ0v) is 15.9. The predicted octanol–water partition coefficient (Wildman–Crippen LogP) is 2.59. The molecule has 0 heterocycles. The lowest BCUT2D eigenvalue weighted by Gasteiger charge is -2.16. The maximum Gasteiger partial charge on any atom is 0.242 e. The first-order chi connectivity index (χ1) is 10.8. The van der Waals surface area contributed by atoms with Crippen molar-refractivity contribution in [2.45, 2.75) is 17.4 Å². The molecule has 0 aliphatic heterocycles. The zero-order chi connectivity index (χ0) is 17.0. The van der Waals surface area contributed by atoms with Gasteiger partial charge in [0.15, 0.2) is 0 Å². The van der Waals surface area contributed by atoms with E-state index >= 15 is 0 Å². The van der Waals surface area contributed by atoms with E-state index in [9.17, 15) is 13.2 Å². The second kappa shape index (κ2) is 7.57. The van der Waals surface area contributed by atoms with Crippen LogP contribution in [0.3, 0.4) is 0 Å². The van der Waals surface area contributed by atoms with E-state index in [1.165, 1.54) is 6.07 Å². The van der Waals surface area contributed by atoms with Gasteiger partial charge in [-0.15, -0.1) is 0 Å². The molecule has 3 N–H and O–H groups in total. The van der Waals surface area contributed by atoms with Crippen LogP contribution in [0.15, 0.2) is 62.4 Å². The van der Waals surface area contributed by atoms with Crippen LogP contribution < -0.4 is 10.5 Å². The smallest absolute Gasteiger partial charge is 0.242 e. The van der Waals surface area contributed by atoms with Crippen LogP contribution in [0.25, 0.3) is 0 Å². The Kier molecular flexibility index (Phi) is 5.96. The maximum absolute atomic E-state index is 12.5. The van der Waals surface area contributed by atoms with E-state index < -0.39 is 22.0 Å². The van der Waals surface area contributed by atoms with E-state index in [0.29, 0.717) is 4.47 Å². The number of halogens is 2. The Bertz CT molecular complexity index is 811. The molecule has 0 spiro atoms. The van der Waals surface area contributed by atoms with Crippen molar-refractivity contribution in [2.75, 3.05) is 0 Å². The van der Waals surface area contributed by atoms with Crippen molar-refractivity contribution in [3.05, 3.63) is 63.0 Å². The van der Waals surface area contributed by atoms with Crippen LogP contribution in [-0.4, -0.2) is 20.4 Å². The minimum atomic E-state index is -3.89. The topological polar surface area (TPSA) is 89.3 Å². The largest absolute Gasteiger partial charge is 0.368 e. The van der Waals surface area contributed by atoms with E-state index in [0.717, 1.165) is 10.0 Å². The first kappa shape index (κ1) is 18.1. The Balaban J connectivity index is 2.26. The number of carbonyl (C=O) groups excluding carboxylic acids is 1. The molecule has 122 valence electrons. The minimum absolute atomic E-state index is 0.0417. The molecule has 8 heteroatoms. The molecule has 0 aliphatic rings. The number of primary amides is 1. The molecule has 0 saturated carbocycles. The van der Waals surface area contributed by atoms with Crippen LogP contribution in [0.2, 0.25) is 0 Å². The van der Waals surface area contributed by atoms with Crippen molar-refractivity contribution < 1.29 is 13.2 Å². The highest BCUT2D eigenvalue weighted by Gasteiger charge is 2.25. The number of hydrogen-bond acceptors (Lipinski definition) is 3. The number of hydrogen-bond donors (Lipinski definition) is 2. The molecule has 2 aromatic rings. The summed E-state index contributed by atoms with van der Waals surface area (Å²) in [4.78, 5) is 11.7. The van der Waals surface area contributed by atoms with Gasteiger partial charge in [-0.1, -0.05) is 46.3 Å². The molecule has 1 atom stereocenters. The molecular formula is C15H14Br2N2O3S. The summed E-state index contributed by atoms with van der Waals surface area (Å²) in [7, 11) is -3.89. The fraction of sp³-hybridized carbons (Fsp3) is 0.133. The Hall–Kier alpha value is -1.22.